The van der Waals surface area contributed by atoms with E-state index in [0.717, 1.165) is 32.2 Å². The number of ether oxygens (including phenoxy) is 1. The number of aliphatic carboxylic acids is 1. The molecule has 1 fully saturated rings. The van der Waals surface area contributed by atoms with Gasteiger partial charge in [-0.3, -0.25) is 9.59 Å². The van der Waals surface area contributed by atoms with Gasteiger partial charge in [0.25, 0.3) is 0 Å². The third-order valence-corrected chi connectivity index (χ3v) is 3.69. The Morgan fingerprint density at radius 2 is 1.90 bits per heavy atom. The summed E-state index contributed by atoms with van der Waals surface area (Å²) in [5, 5.41) is 14.8. The standard InChI is InChI=1S/C15H28N2O4/c1-2-8-16-13-11-21-10-12(13)15(20)17-9-6-4-3-5-7-14(18)19/h12-13,16H,2-11H2,1H3,(H,17,20)(H,18,19). The molecule has 1 aliphatic heterocycles. The molecule has 0 aromatic carbocycles. The van der Waals surface area contributed by atoms with Gasteiger partial charge in [-0.2, -0.15) is 0 Å². The van der Waals surface area contributed by atoms with Crippen LogP contribution in [0.5, 0.6) is 0 Å². The quantitative estimate of drug-likeness (QED) is 0.498. The minimum Gasteiger partial charge on any atom is -0.481 e. The molecule has 0 saturated carbocycles. The summed E-state index contributed by atoms with van der Waals surface area (Å²) >= 11 is 0. The predicted molar refractivity (Wildman–Crippen MR) is 80.1 cm³/mol. The molecule has 0 spiro atoms. The van der Waals surface area contributed by atoms with Crippen molar-refractivity contribution in [3.63, 3.8) is 0 Å². The second-order valence-corrected chi connectivity index (χ2v) is 5.55. The van der Waals surface area contributed by atoms with E-state index in [2.05, 4.69) is 17.6 Å². The summed E-state index contributed by atoms with van der Waals surface area (Å²) in [4.78, 5) is 22.4. The normalized spacial score (nSPS) is 21.4. The Bertz CT molecular complexity index is 323. The zero-order chi connectivity index (χ0) is 15.5. The van der Waals surface area contributed by atoms with Gasteiger partial charge in [-0.1, -0.05) is 19.8 Å². The smallest absolute Gasteiger partial charge is 0.303 e. The topological polar surface area (TPSA) is 87.7 Å². The van der Waals surface area contributed by atoms with Crippen LogP contribution < -0.4 is 10.6 Å². The van der Waals surface area contributed by atoms with Crippen LogP contribution in [0, 0.1) is 5.92 Å². The molecule has 21 heavy (non-hydrogen) atoms. The number of carboxylic acid groups (broad SMARTS) is 1. The highest BCUT2D eigenvalue weighted by Crippen LogP contribution is 2.14. The lowest BCUT2D eigenvalue weighted by atomic mass is 10.0. The van der Waals surface area contributed by atoms with Crippen molar-refractivity contribution in [2.24, 2.45) is 5.92 Å². The Morgan fingerprint density at radius 3 is 2.62 bits per heavy atom. The molecule has 1 heterocycles. The number of carbonyl (C=O) groups excluding carboxylic acids is 1. The van der Waals surface area contributed by atoms with Gasteiger partial charge in [-0.15, -0.1) is 0 Å². The van der Waals surface area contributed by atoms with E-state index in [4.69, 9.17) is 9.84 Å². The van der Waals surface area contributed by atoms with Crippen LogP contribution in [-0.2, 0) is 14.3 Å². The van der Waals surface area contributed by atoms with E-state index >= 15 is 0 Å². The van der Waals surface area contributed by atoms with Crippen molar-refractivity contribution in [3.8, 4) is 0 Å². The number of unbranched alkanes of at least 4 members (excludes halogenated alkanes) is 3. The molecule has 1 amide bonds. The molecular formula is C15H28N2O4. The van der Waals surface area contributed by atoms with Crippen LogP contribution in [0.2, 0.25) is 0 Å². The fraction of sp³-hybridized carbons (Fsp3) is 0.867. The van der Waals surface area contributed by atoms with Crippen molar-refractivity contribution < 1.29 is 19.4 Å². The first-order valence-corrected chi connectivity index (χ1v) is 7.95. The molecule has 3 N–H and O–H groups in total. The van der Waals surface area contributed by atoms with Gasteiger partial charge in [0.1, 0.15) is 0 Å². The molecule has 1 aliphatic rings. The lowest BCUT2D eigenvalue weighted by molar-refractivity contribution is -0.137. The third kappa shape index (κ3) is 7.43. The summed E-state index contributed by atoms with van der Waals surface area (Å²) in [5.41, 5.74) is 0. The van der Waals surface area contributed by atoms with E-state index in [1.807, 2.05) is 0 Å². The third-order valence-electron chi connectivity index (χ3n) is 3.69. The minimum absolute atomic E-state index is 0.0617. The van der Waals surface area contributed by atoms with E-state index in [1.54, 1.807) is 0 Å². The van der Waals surface area contributed by atoms with Crippen molar-refractivity contribution in [2.75, 3.05) is 26.3 Å². The lowest BCUT2D eigenvalue weighted by Gasteiger charge is -2.18. The first kappa shape index (κ1) is 17.9. The van der Waals surface area contributed by atoms with E-state index in [1.165, 1.54) is 0 Å². The zero-order valence-electron chi connectivity index (χ0n) is 12.9. The molecule has 0 aliphatic carbocycles. The van der Waals surface area contributed by atoms with Gasteiger partial charge in [0.2, 0.25) is 5.91 Å². The minimum atomic E-state index is -0.741. The Hall–Kier alpha value is -1.14. The molecule has 2 atom stereocenters. The van der Waals surface area contributed by atoms with Crippen LogP contribution in [-0.4, -0.2) is 49.3 Å². The number of nitrogens with one attached hydrogen (secondary N) is 2. The fourth-order valence-electron chi connectivity index (χ4n) is 2.44. The molecular weight excluding hydrogens is 272 g/mol. The largest absolute Gasteiger partial charge is 0.481 e. The second-order valence-electron chi connectivity index (χ2n) is 5.55. The summed E-state index contributed by atoms with van der Waals surface area (Å²) < 4.78 is 5.39. The van der Waals surface area contributed by atoms with E-state index < -0.39 is 5.97 Å². The summed E-state index contributed by atoms with van der Waals surface area (Å²) in [6.45, 7) is 4.76. The average Bonchev–Trinajstić information content (AvgIpc) is 2.92. The molecule has 6 nitrogen and oxygen atoms in total. The second kappa shape index (κ2) is 10.6. The first-order valence-electron chi connectivity index (χ1n) is 7.95. The van der Waals surface area contributed by atoms with Gasteiger partial charge >= 0.3 is 5.97 Å². The van der Waals surface area contributed by atoms with E-state index in [-0.39, 0.29) is 24.3 Å². The molecule has 1 rings (SSSR count). The Labute approximate surface area is 126 Å². The van der Waals surface area contributed by atoms with Gasteiger partial charge in [-0.25, -0.2) is 0 Å². The van der Waals surface area contributed by atoms with Gasteiger partial charge in [0.15, 0.2) is 0 Å². The Kier molecular flexibility index (Phi) is 9.01. The molecule has 0 bridgehead atoms. The van der Waals surface area contributed by atoms with Gasteiger partial charge in [0.05, 0.1) is 19.1 Å². The number of hydrogen-bond acceptors (Lipinski definition) is 4. The van der Waals surface area contributed by atoms with Crippen LogP contribution in [0.3, 0.4) is 0 Å². The number of carbonyl (C=O) groups is 2. The van der Waals surface area contributed by atoms with Crippen molar-refractivity contribution >= 4 is 11.9 Å². The van der Waals surface area contributed by atoms with Crippen LogP contribution in [0.4, 0.5) is 0 Å². The number of rotatable bonds is 11. The first-order chi connectivity index (χ1) is 10.1. The van der Waals surface area contributed by atoms with Crippen molar-refractivity contribution in [2.45, 2.75) is 51.5 Å². The van der Waals surface area contributed by atoms with Crippen LogP contribution >= 0.6 is 0 Å². The van der Waals surface area contributed by atoms with Crippen LogP contribution in [0.15, 0.2) is 0 Å². The predicted octanol–water partition coefficient (Wildman–Crippen LogP) is 1.15. The van der Waals surface area contributed by atoms with E-state index in [9.17, 15) is 9.59 Å². The number of hydrogen-bond donors (Lipinski definition) is 3. The maximum absolute atomic E-state index is 12.1. The molecule has 1 saturated heterocycles. The highest BCUT2D eigenvalue weighted by Gasteiger charge is 2.33. The Balaban J connectivity index is 2.08. The zero-order valence-corrected chi connectivity index (χ0v) is 12.9. The van der Waals surface area contributed by atoms with E-state index in [0.29, 0.717) is 26.2 Å². The molecule has 6 heteroatoms. The molecule has 0 radical (unpaired) electrons. The Morgan fingerprint density at radius 1 is 1.14 bits per heavy atom. The highest BCUT2D eigenvalue weighted by molar-refractivity contribution is 5.79. The van der Waals surface area contributed by atoms with Gasteiger partial charge in [-0.05, 0) is 25.8 Å². The summed E-state index contributed by atoms with van der Waals surface area (Å²) in [7, 11) is 0. The summed E-state index contributed by atoms with van der Waals surface area (Å²) in [5.74, 6) is -0.773. The molecule has 122 valence electrons. The maximum atomic E-state index is 12.1. The molecule has 0 aromatic rings. The average molecular weight is 300 g/mol. The highest BCUT2D eigenvalue weighted by atomic mass is 16.5. The van der Waals surface area contributed by atoms with Crippen molar-refractivity contribution in [3.05, 3.63) is 0 Å². The van der Waals surface area contributed by atoms with Gasteiger partial charge < -0.3 is 20.5 Å². The number of carboxylic acids is 1. The van der Waals surface area contributed by atoms with Crippen molar-refractivity contribution in [1.29, 1.82) is 0 Å². The molecule has 0 aromatic heterocycles. The van der Waals surface area contributed by atoms with Crippen LogP contribution in [0.25, 0.3) is 0 Å². The molecule has 2 unspecified atom stereocenters. The maximum Gasteiger partial charge on any atom is 0.303 e. The fourth-order valence-corrected chi connectivity index (χ4v) is 2.44. The summed E-state index contributed by atoms with van der Waals surface area (Å²) in [6, 6.07) is 0.125. The SMILES string of the molecule is CCCNC1COCC1C(=O)NCCCCCCC(=O)O. The van der Waals surface area contributed by atoms with Gasteiger partial charge in [0, 0.05) is 19.0 Å². The van der Waals surface area contributed by atoms with Crippen LogP contribution in [0.1, 0.15) is 45.4 Å². The summed E-state index contributed by atoms with van der Waals surface area (Å²) in [6.07, 6.45) is 4.73. The number of amides is 1. The monoisotopic (exact) mass is 300 g/mol. The van der Waals surface area contributed by atoms with Crippen molar-refractivity contribution in [1.82, 2.24) is 10.6 Å². The lowest BCUT2D eigenvalue weighted by Crippen LogP contribution is -2.44.